The number of carbonyl (C=O) groups is 1. The summed E-state index contributed by atoms with van der Waals surface area (Å²) in [5.74, 6) is -0.872. The average Bonchev–Trinajstić information content (AvgIpc) is 2.97. The van der Waals surface area contributed by atoms with Crippen molar-refractivity contribution in [1.29, 1.82) is 0 Å². The first kappa shape index (κ1) is 17.8. The molecule has 0 atom stereocenters. The maximum absolute atomic E-state index is 13.2. The van der Waals surface area contributed by atoms with Crippen LogP contribution in [-0.2, 0) is 6.54 Å². The number of carbonyl (C=O) groups excluding carboxylic acids is 1. The van der Waals surface area contributed by atoms with Crippen molar-refractivity contribution in [1.82, 2.24) is 14.8 Å². The number of fused-ring (bicyclic) bond motifs is 1. The van der Waals surface area contributed by atoms with Gasteiger partial charge < -0.3 is 10.4 Å². The molecule has 2 aromatic heterocycles. The lowest BCUT2D eigenvalue weighted by molar-refractivity contribution is 0.101. The van der Waals surface area contributed by atoms with Crippen molar-refractivity contribution in [2.45, 2.75) is 26.8 Å². The van der Waals surface area contributed by atoms with E-state index in [1.807, 2.05) is 13.8 Å². The number of nitrogens with zero attached hydrogens (tertiary/aromatic N) is 3. The number of aromatic nitrogens is 3. The van der Waals surface area contributed by atoms with Crippen LogP contribution >= 0.6 is 0 Å². The Morgan fingerprint density at radius 3 is 2.73 bits per heavy atom. The smallest absolute Gasteiger partial charge is 0.284 e. The van der Waals surface area contributed by atoms with Crippen LogP contribution in [0.15, 0.2) is 36.7 Å². The number of anilines is 1. The number of benzene rings is 1. The maximum atomic E-state index is 13.2. The Hall–Kier alpha value is -3.03. The molecular formula is C18H18F2N4O2. The van der Waals surface area contributed by atoms with Crippen molar-refractivity contribution in [2.24, 2.45) is 5.92 Å². The topological polar surface area (TPSA) is 80.0 Å². The van der Waals surface area contributed by atoms with E-state index >= 15 is 0 Å². The van der Waals surface area contributed by atoms with E-state index in [0.29, 0.717) is 17.3 Å². The first-order valence-corrected chi connectivity index (χ1v) is 8.10. The third-order valence-electron chi connectivity index (χ3n) is 3.79. The van der Waals surface area contributed by atoms with Gasteiger partial charge in [-0.15, -0.1) is 0 Å². The second-order valence-electron chi connectivity index (χ2n) is 6.34. The van der Waals surface area contributed by atoms with E-state index in [-0.39, 0.29) is 23.0 Å². The third kappa shape index (κ3) is 3.49. The van der Waals surface area contributed by atoms with Gasteiger partial charge in [0, 0.05) is 29.7 Å². The SMILES string of the molecule is CC(C)Cn1cc(NC(=O)c2ncc3ccccc3c2O)c(C(F)F)n1. The molecule has 3 aromatic rings. The number of halogens is 2. The number of aromatic hydroxyl groups is 1. The predicted octanol–water partition coefficient (Wildman–Crippen LogP) is 3.98. The van der Waals surface area contributed by atoms with Crippen molar-refractivity contribution < 1.29 is 18.7 Å². The summed E-state index contributed by atoms with van der Waals surface area (Å²) >= 11 is 0. The van der Waals surface area contributed by atoms with Gasteiger partial charge in [0.15, 0.2) is 17.1 Å². The summed E-state index contributed by atoms with van der Waals surface area (Å²) < 4.78 is 27.8. The lowest BCUT2D eigenvalue weighted by atomic mass is 10.1. The van der Waals surface area contributed by atoms with Crippen LogP contribution in [0.2, 0.25) is 0 Å². The average molecular weight is 360 g/mol. The molecule has 0 aliphatic carbocycles. The van der Waals surface area contributed by atoms with E-state index in [4.69, 9.17) is 0 Å². The summed E-state index contributed by atoms with van der Waals surface area (Å²) in [4.78, 5) is 16.4. The minimum atomic E-state index is -2.84. The molecule has 0 radical (unpaired) electrons. The molecule has 136 valence electrons. The predicted molar refractivity (Wildman–Crippen MR) is 93.4 cm³/mol. The number of pyridine rings is 1. The highest BCUT2D eigenvalue weighted by Crippen LogP contribution is 2.29. The van der Waals surface area contributed by atoms with Crippen LogP contribution in [0, 0.1) is 5.92 Å². The highest BCUT2D eigenvalue weighted by molar-refractivity contribution is 6.08. The van der Waals surface area contributed by atoms with Gasteiger partial charge in [0.25, 0.3) is 12.3 Å². The molecule has 0 aliphatic heterocycles. The monoisotopic (exact) mass is 360 g/mol. The summed E-state index contributed by atoms with van der Waals surface area (Å²) in [6.45, 7) is 4.30. The van der Waals surface area contributed by atoms with Crippen LogP contribution in [0.4, 0.5) is 14.5 Å². The molecule has 2 heterocycles. The molecule has 6 nitrogen and oxygen atoms in total. The summed E-state index contributed by atoms with van der Waals surface area (Å²) in [5, 5.41) is 17.7. The molecule has 0 unspecified atom stereocenters. The fourth-order valence-corrected chi connectivity index (χ4v) is 2.66. The number of nitrogens with one attached hydrogen (secondary N) is 1. The van der Waals surface area contributed by atoms with Gasteiger partial charge in [0.05, 0.1) is 5.69 Å². The van der Waals surface area contributed by atoms with Gasteiger partial charge in [-0.3, -0.25) is 9.48 Å². The van der Waals surface area contributed by atoms with E-state index in [9.17, 15) is 18.7 Å². The lowest BCUT2D eigenvalue weighted by Gasteiger charge is -2.08. The first-order valence-electron chi connectivity index (χ1n) is 8.10. The molecule has 1 amide bonds. The number of alkyl halides is 2. The van der Waals surface area contributed by atoms with Gasteiger partial charge in [-0.2, -0.15) is 5.10 Å². The maximum Gasteiger partial charge on any atom is 0.284 e. The molecule has 3 rings (SSSR count). The fourth-order valence-electron chi connectivity index (χ4n) is 2.66. The zero-order valence-corrected chi connectivity index (χ0v) is 14.3. The number of amides is 1. The van der Waals surface area contributed by atoms with Gasteiger partial charge in [-0.25, -0.2) is 13.8 Å². The summed E-state index contributed by atoms with van der Waals surface area (Å²) in [6, 6.07) is 6.89. The van der Waals surface area contributed by atoms with Crippen molar-refractivity contribution in [3.63, 3.8) is 0 Å². The molecule has 8 heteroatoms. The van der Waals surface area contributed by atoms with E-state index in [0.717, 1.165) is 0 Å². The van der Waals surface area contributed by atoms with Crippen molar-refractivity contribution in [2.75, 3.05) is 5.32 Å². The largest absolute Gasteiger partial charge is 0.505 e. The fraction of sp³-hybridized carbons (Fsp3) is 0.278. The normalized spacial score (nSPS) is 11.5. The Labute approximate surface area is 148 Å². The Balaban J connectivity index is 1.93. The van der Waals surface area contributed by atoms with Crippen LogP contribution < -0.4 is 5.32 Å². The molecule has 0 fully saturated rings. The van der Waals surface area contributed by atoms with Crippen LogP contribution in [0.25, 0.3) is 10.8 Å². The van der Waals surface area contributed by atoms with Crippen LogP contribution in [0.3, 0.4) is 0 Å². The molecule has 26 heavy (non-hydrogen) atoms. The quantitative estimate of drug-likeness (QED) is 0.721. The first-order chi connectivity index (χ1) is 12.4. The molecule has 0 aliphatic rings. The van der Waals surface area contributed by atoms with Crippen molar-refractivity contribution in [3.05, 3.63) is 48.0 Å². The van der Waals surface area contributed by atoms with Gasteiger partial charge in [0.1, 0.15) is 0 Å². The van der Waals surface area contributed by atoms with Gasteiger partial charge in [-0.05, 0) is 5.92 Å². The van der Waals surface area contributed by atoms with E-state index in [1.54, 1.807) is 24.3 Å². The second kappa shape index (κ2) is 7.07. The molecule has 0 spiro atoms. The van der Waals surface area contributed by atoms with Crippen molar-refractivity contribution >= 4 is 22.4 Å². The van der Waals surface area contributed by atoms with Crippen LogP contribution in [0.5, 0.6) is 5.75 Å². The highest BCUT2D eigenvalue weighted by Gasteiger charge is 2.23. The molecular weight excluding hydrogens is 342 g/mol. The Bertz CT molecular complexity index is 954. The number of hydrogen-bond acceptors (Lipinski definition) is 4. The molecule has 0 saturated carbocycles. The number of hydrogen-bond donors (Lipinski definition) is 2. The summed E-state index contributed by atoms with van der Waals surface area (Å²) in [5.41, 5.74) is -0.847. The third-order valence-corrected chi connectivity index (χ3v) is 3.79. The Kier molecular flexibility index (Phi) is 4.83. The van der Waals surface area contributed by atoms with Crippen LogP contribution in [0.1, 0.15) is 36.5 Å². The zero-order valence-electron chi connectivity index (χ0n) is 14.3. The highest BCUT2D eigenvalue weighted by atomic mass is 19.3. The Morgan fingerprint density at radius 1 is 1.31 bits per heavy atom. The zero-order chi connectivity index (χ0) is 18.8. The standard InChI is InChI=1S/C18H18F2N4O2/c1-10(2)8-24-9-13(14(23-24)17(19)20)22-18(26)15-16(25)12-6-4-3-5-11(12)7-21-15/h3-7,9-10,17,25H,8H2,1-2H3,(H,22,26). The minimum absolute atomic E-state index is 0.0972. The Morgan fingerprint density at radius 2 is 2.04 bits per heavy atom. The van der Waals surface area contributed by atoms with E-state index < -0.39 is 18.0 Å². The molecule has 0 bridgehead atoms. The van der Waals surface area contributed by atoms with Crippen molar-refractivity contribution in [3.8, 4) is 5.75 Å². The van der Waals surface area contributed by atoms with Crippen LogP contribution in [-0.4, -0.2) is 25.8 Å². The van der Waals surface area contributed by atoms with Gasteiger partial charge in [-0.1, -0.05) is 38.1 Å². The minimum Gasteiger partial charge on any atom is -0.505 e. The second-order valence-corrected chi connectivity index (χ2v) is 6.34. The summed E-state index contributed by atoms with van der Waals surface area (Å²) in [7, 11) is 0. The molecule has 0 saturated heterocycles. The molecule has 1 aromatic carbocycles. The number of rotatable bonds is 5. The molecule has 2 N–H and O–H groups in total. The van der Waals surface area contributed by atoms with Gasteiger partial charge in [0.2, 0.25) is 0 Å². The summed E-state index contributed by atoms with van der Waals surface area (Å²) in [6.07, 6.45) is -0.0330. The van der Waals surface area contributed by atoms with E-state index in [1.165, 1.54) is 17.1 Å². The van der Waals surface area contributed by atoms with Gasteiger partial charge >= 0.3 is 0 Å². The van der Waals surface area contributed by atoms with E-state index in [2.05, 4.69) is 15.4 Å². The lowest BCUT2D eigenvalue weighted by Crippen LogP contribution is -2.14.